The van der Waals surface area contributed by atoms with Gasteiger partial charge in [0.25, 0.3) is 0 Å². The van der Waals surface area contributed by atoms with Crippen molar-refractivity contribution in [3.05, 3.63) is 47.0 Å². The van der Waals surface area contributed by atoms with E-state index in [2.05, 4.69) is 34.6 Å². The highest BCUT2D eigenvalue weighted by molar-refractivity contribution is 5.96. The van der Waals surface area contributed by atoms with Crippen molar-refractivity contribution in [2.24, 2.45) is 0 Å². The molecule has 36 heavy (non-hydrogen) atoms. The molecule has 0 saturated heterocycles. The molecule has 1 aliphatic carbocycles. The SMILES string of the molecule is COc1ccc(C)cc1NC(=O)CNC(=O)CN1CC2(CCCC2)c2cc3c(cc2C1C)OCCO3. The van der Waals surface area contributed by atoms with Crippen molar-refractivity contribution in [2.45, 2.75) is 51.0 Å². The lowest BCUT2D eigenvalue weighted by atomic mass is 9.71. The first-order valence-electron chi connectivity index (χ1n) is 12.8. The number of carbonyl (C=O) groups excluding carboxylic acids is 2. The van der Waals surface area contributed by atoms with Crippen LogP contribution in [-0.2, 0) is 15.0 Å². The molecule has 8 heteroatoms. The molecule has 1 saturated carbocycles. The lowest BCUT2D eigenvalue weighted by Gasteiger charge is -2.46. The Labute approximate surface area is 212 Å². The van der Waals surface area contributed by atoms with Crippen molar-refractivity contribution < 1.29 is 23.8 Å². The highest BCUT2D eigenvalue weighted by Gasteiger charge is 2.45. The number of ether oxygens (including phenoxy) is 3. The largest absolute Gasteiger partial charge is 0.495 e. The molecule has 2 N–H and O–H groups in total. The number of hydrogen-bond donors (Lipinski definition) is 2. The van der Waals surface area contributed by atoms with Gasteiger partial charge in [0.05, 0.1) is 25.9 Å². The van der Waals surface area contributed by atoms with E-state index in [1.807, 2.05) is 25.1 Å². The molecule has 2 heterocycles. The van der Waals surface area contributed by atoms with Crippen molar-refractivity contribution in [1.29, 1.82) is 0 Å². The molecule has 5 rings (SSSR count). The first-order chi connectivity index (χ1) is 17.4. The third-order valence-corrected chi connectivity index (χ3v) is 7.77. The Balaban J connectivity index is 1.26. The second kappa shape index (κ2) is 10.0. The zero-order chi connectivity index (χ0) is 25.3. The molecule has 1 fully saturated rings. The minimum absolute atomic E-state index is 0.0249. The molecule has 1 atom stereocenters. The second-order valence-electron chi connectivity index (χ2n) is 10.2. The van der Waals surface area contributed by atoms with E-state index in [1.165, 1.54) is 24.0 Å². The maximum Gasteiger partial charge on any atom is 0.243 e. The van der Waals surface area contributed by atoms with Crippen LogP contribution in [0.1, 0.15) is 55.3 Å². The van der Waals surface area contributed by atoms with Crippen LogP contribution in [0.4, 0.5) is 5.69 Å². The molecule has 0 aromatic heterocycles. The fraction of sp³-hybridized carbons (Fsp3) is 0.500. The average molecular weight is 494 g/mol. The number of fused-ring (bicyclic) bond motifs is 3. The highest BCUT2D eigenvalue weighted by Crippen LogP contribution is 2.51. The minimum atomic E-state index is -0.291. The summed E-state index contributed by atoms with van der Waals surface area (Å²) >= 11 is 0. The number of hydrogen-bond acceptors (Lipinski definition) is 6. The molecule has 1 unspecified atom stereocenters. The molecule has 2 aliphatic heterocycles. The molecular formula is C28H35N3O5. The molecule has 2 aromatic carbocycles. The first-order valence-corrected chi connectivity index (χ1v) is 12.8. The van der Waals surface area contributed by atoms with Crippen molar-refractivity contribution >= 4 is 17.5 Å². The predicted octanol–water partition coefficient (Wildman–Crippen LogP) is 3.72. The molecule has 3 aliphatic rings. The van der Waals surface area contributed by atoms with E-state index >= 15 is 0 Å². The summed E-state index contributed by atoms with van der Waals surface area (Å²) in [7, 11) is 1.56. The number of aryl methyl sites for hydroxylation is 1. The van der Waals surface area contributed by atoms with Crippen LogP contribution in [0.3, 0.4) is 0 Å². The van der Waals surface area contributed by atoms with Gasteiger partial charge in [-0.25, -0.2) is 0 Å². The molecule has 2 aromatic rings. The fourth-order valence-corrected chi connectivity index (χ4v) is 5.92. The maximum absolute atomic E-state index is 12.9. The second-order valence-corrected chi connectivity index (χ2v) is 10.2. The standard InChI is InChI=1S/C28H35N3O5/c1-18-6-7-23(34-3)22(12-18)30-26(32)15-29-27(33)16-31-17-28(8-4-5-9-28)21-14-25-24(35-10-11-36-25)13-20(21)19(31)2/h6-7,12-14,19H,4-5,8-11,15-17H2,1-3H3,(H,29,33)(H,30,32). The summed E-state index contributed by atoms with van der Waals surface area (Å²) < 4.78 is 17.1. The van der Waals surface area contributed by atoms with E-state index in [-0.39, 0.29) is 36.4 Å². The summed E-state index contributed by atoms with van der Waals surface area (Å²) in [6, 6.07) is 9.93. The summed E-state index contributed by atoms with van der Waals surface area (Å²) in [5, 5.41) is 5.63. The Hall–Kier alpha value is -3.26. The van der Waals surface area contributed by atoms with Gasteiger partial charge in [-0.15, -0.1) is 0 Å². The lowest BCUT2D eigenvalue weighted by molar-refractivity contribution is -0.125. The molecule has 0 bridgehead atoms. The van der Waals surface area contributed by atoms with E-state index in [0.717, 1.165) is 36.4 Å². The van der Waals surface area contributed by atoms with Gasteiger partial charge >= 0.3 is 0 Å². The highest BCUT2D eigenvalue weighted by atomic mass is 16.6. The third kappa shape index (κ3) is 4.74. The van der Waals surface area contributed by atoms with Crippen LogP contribution in [0.5, 0.6) is 17.2 Å². The van der Waals surface area contributed by atoms with Crippen LogP contribution in [0.25, 0.3) is 0 Å². The van der Waals surface area contributed by atoms with Crippen LogP contribution < -0.4 is 24.8 Å². The van der Waals surface area contributed by atoms with Gasteiger partial charge in [0.15, 0.2) is 11.5 Å². The number of benzene rings is 2. The van der Waals surface area contributed by atoms with Crippen LogP contribution in [0.15, 0.2) is 30.3 Å². The Kier molecular flexibility index (Phi) is 6.79. The Morgan fingerprint density at radius 3 is 2.53 bits per heavy atom. The molecule has 1 spiro atoms. The normalized spacial score (nSPS) is 20.0. The average Bonchev–Trinajstić information content (AvgIpc) is 3.34. The molecule has 2 amide bonds. The fourth-order valence-electron chi connectivity index (χ4n) is 5.92. The molecule has 192 valence electrons. The quantitative estimate of drug-likeness (QED) is 0.638. The van der Waals surface area contributed by atoms with Crippen molar-refractivity contribution in [2.75, 3.05) is 45.3 Å². The molecule has 0 radical (unpaired) electrons. The number of amides is 2. The lowest BCUT2D eigenvalue weighted by Crippen LogP contribution is -2.50. The molecule has 8 nitrogen and oxygen atoms in total. The van der Waals surface area contributed by atoms with Gasteiger partial charge in [0, 0.05) is 18.0 Å². The third-order valence-electron chi connectivity index (χ3n) is 7.77. The van der Waals surface area contributed by atoms with Crippen LogP contribution in [0.2, 0.25) is 0 Å². The number of nitrogens with one attached hydrogen (secondary N) is 2. The van der Waals surface area contributed by atoms with Crippen LogP contribution in [-0.4, -0.2) is 56.7 Å². The Bertz CT molecular complexity index is 1160. The van der Waals surface area contributed by atoms with E-state index in [4.69, 9.17) is 14.2 Å². The van der Waals surface area contributed by atoms with Gasteiger partial charge < -0.3 is 24.8 Å². The summed E-state index contributed by atoms with van der Waals surface area (Å²) in [5.74, 6) is 1.75. The number of nitrogens with zero attached hydrogens (tertiary/aromatic N) is 1. The number of rotatable bonds is 6. The maximum atomic E-state index is 12.9. The topological polar surface area (TPSA) is 89.1 Å². The van der Waals surface area contributed by atoms with E-state index in [9.17, 15) is 9.59 Å². The minimum Gasteiger partial charge on any atom is -0.495 e. The van der Waals surface area contributed by atoms with Gasteiger partial charge in [0.2, 0.25) is 11.8 Å². The van der Waals surface area contributed by atoms with Gasteiger partial charge in [-0.3, -0.25) is 14.5 Å². The van der Waals surface area contributed by atoms with E-state index in [1.54, 1.807) is 7.11 Å². The van der Waals surface area contributed by atoms with Gasteiger partial charge in [0.1, 0.15) is 19.0 Å². The van der Waals surface area contributed by atoms with Gasteiger partial charge in [-0.2, -0.15) is 0 Å². The number of carbonyl (C=O) groups is 2. The summed E-state index contributed by atoms with van der Waals surface area (Å²) in [5.41, 5.74) is 4.19. The molecular weight excluding hydrogens is 458 g/mol. The Morgan fingerprint density at radius 1 is 1.08 bits per heavy atom. The van der Waals surface area contributed by atoms with Crippen LogP contribution in [0, 0.1) is 6.92 Å². The summed E-state index contributed by atoms with van der Waals surface area (Å²) in [4.78, 5) is 27.7. The number of anilines is 1. The zero-order valence-corrected chi connectivity index (χ0v) is 21.3. The van der Waals surface area contributed by atoms with Crippen molar-refractivity contribution in [3.63, 3.8) is 0 Å². The van der Waals surface area contributed by atoms with Crippen LogP contribution >= 0.6 is 0 Å². The number of methoxy groups -OCH3 is 1. The van der Waals surface area contributed by atoms with Gasteiger partial charge in [-0.05, 0) is 67.6 Å². The van der Waals surface area contributed by atoms with Gasteiger partial charge in [-0.1, -0.05) is 18.9 Å². The summed E-state index contributed by atoms with van der Waals surface area (Å²) in [6.07, 6.45) is 4.58. The first kappa shape index (κ1) is 24.4. The zero-order valence-electron chi connectivity index (χ0n) is 21.3. The van der Waals surface area contributed by atoms with E-state index in [0.29, 0.717) is 24.7 Å². The predicted molar refractivity (Wildman–Crippen MR) is 137 cm³/mol. The Morgan fingerprint density at radius 2 is 1.81 bits per heavy atom. The monoisotopic (exact) mass is 493 g/mol. The van der Waals surface area contributed by atoms with Crippen molar-refractivity contribution in [1.82, 2.24) is 10.2 Å². The van der Waals surface area contributed by atoms with Crippen molar-refractivity contribution in [3.8, 4) is 17.2 Å². The summed E-state index contributed by atoms with van der Waals surface area (Å²) in [6.45, 7) is 6.16. The smallest absolute Gasteiger partial charge is 0.243 e. The van der Waals surface area contributed by atoms with E-state index < -0.39 is 0 Å².